The van der Waals surface area contributed by atoms with Gasteiger partial charge in [-0.3, -0.25) is 19.0 Å². The third kappa shape index (κ3) is 3.84. The Morgan fingerprint density at radius 1 is 1.18 bits per heavy atom. The van der Waals surface area contributed by atoms with E-state index in [0.29, 0.717) is 20.8 Å². The lowest BCUT2D eigenvalue weighted by Gasteiger charge is -2.15. The monoisotopic (exact) mass is 492 g/mol. The van der Waals surface area contributed by atoms with Crippen molar-refractivity contribution >= 4 is 49.7 Å². The number of nitrogens with zero attached hydrogens (tertiary/aromatic N) is 2. The number of nitrogens with one attached hydrogen (secondary N) is 1. The molecule has 7 nitrogen and oxygen atoms in total. The summed E-state index contributed by atoms with van der Waals surface area (Å²) < 4.78 is 1.35. The molecule has 9 heteroatoms. The normalized spacial score (nSPS) is 14.1. The first kappa shape index (κ1) is 22.5. The summed E-state index contributed by atoms with van der Waals surface area (Å²) in [5, 5.41) is 5.75. The van der Waals surface area contributed by atoms with Crippen LogP contribution in [-0.2, 0) is 17.6 Å². The SMILES string of the molecule is Cc1ccc(-c2csc3ncn(C(C)C(=O)Nc4sc5c(c4C(N)=O)CCCC5)c(=O)c23)cc1. The Labute approximate surface area is 204 Å². The molecule has 0 saturated heterocycles. The molecule has 1 unspecified atom stereocenters. The molecule has 4 aromatic rings. The first-order valence-corrected chi connectivity index (χ1v) is 12.9. The number of hydrogen-bond acceptors (Lipinski definition) is 6. The van der Waals surface area contributed by atoms with Crippen LogP contribution in [0, 0.1) is 6.92 Å². The lowest BCUT2D eigenvalue weighted by Crippen LogP contribution is -2.32. The number of fused-ring (bicyclic) bond motifs is 2. The van der Waals surface area contributed by atoms with Gasteiger partial charge in [-0.15, -0.1) is 22.7 Å². The molecule has 0 aliphatic heterocycles. The molecule has 1 atom stereocenters. The summed E-state index contributed by atoms with van der Waals surface area (Å²) >= 11 is 2.81. The second kappa shape index (κ2) is 8.81. The summed E-state index contributed by atoms with van der Waals surface area (Å²) in [7, 11) is 0. The fourth-order valence-corrected chi connectivity index (χ4v) is 6.63. The van der Waals surface area contributed by atoms with E-state index in [4.69, 9.17) is 5.73 Å². The number of thiophene rings is 2. The maximum atomic E-state index is 13.5. The molecule has 174 valence electrons. The molecule has 34 heavy (non-hydrogen) atoms. The smallest absolute Gasteiger partial charge is 0.263 e. The summed E-state index contributed by atoms with van der Waals surface area (Å²) in [6, 6.07) is 7.14. The number of aromatic nitrogens is 2. The van der Waals surface area contributed by atoms with Crippen LogP contribution in [0.15, 0.2) is 40.8 Å². The maximum absolute atomic E-state index is 13.5. The van der Waals surface area contributed by atoms with Gasteiger partial charge in [0.2, 0.25) is 5.91 Å². The molecule has 0 bridgehead atoms. The van der Waals surface area contributed by atoms with Crippen molar-refractivity contribution in [3.63, 3.8) is 0 Å². The van der Waals surface area contributed by atoms with Gasteiger partial charge < -0.3 is 11.1 Å². The van der Waals surface area contributed by atoms with Crippen molar-refractivity contribution in [1.82, 2.24) is 9.55 Å². The van der Waals surface area contributed by atoms with Crippen LogP contribution in [-0.4, -0.2) is 21.4 Å². The minimum Gasteiger partial charge on any atom is -0.365 e. The molecular weight excluding hydrogens is 468 g/mol. The number of hydrogen-bond donors (Lipinski definition) is 2. The highest BCUT2D eigenvalue weighted by molar-refractivity contribution is 7.17. The van der Waals surface area contributed by atoms with Crippen LogP contribution < -0.4 is 16.6 Å². The van der Waals surface area contributed by atoms with Gasteiger partial charge >= 0.3 is 0 Å². The molecule has 0 saturated carbocycles. The Bertz CT molecular complexity index is 1480. The number of aryl methyl sites for hydroxylation is 2. The largest absolute Gasteiger partial charge is 0.365 e. The predicted molar refractivity (Wildman–Crippen MR) is 137 cm³/mol. The van der Waals surface area contributed by atoms with E-state index in [9.17, 15) is 14.4 Å². The van der Waals surface area contributed by atoms with Crippen LogP contribution in [0.1, 0.15) is 52.2 Å². The molecule has 3 N–H and O–H groups in total. The third-order valence-corrected chi connectivity index (χ3v) is 8.43. The third-order valence-electron chi connectivity index (χ3n) is 6.33. The quantitative estimate of drug-likeness (QED) is 0.422. The summed E-state index contributed by atoms with van der Waals surface area (Å²) in [5.74, 6) is -0.930. The molecular formula is C25H24N4O3S2. The highest BCUT2D eigenvalue weighted by atomic mass is 32.1. The van der Waals surface area contributed by atoms with Gasteiger partial charge in [-0.25, -0.2) is 4.98 Å². The number of nitrogens with two attached hydrogens (primary N) is 1. The van der Waals surface area contributed by atoms with Gasteiger partial charge in [-0.2, -0.15) is 0 Å². The second-order valence-electron chi connectivity index (χ2n) is 8.60. The van der Waals surface area contributed by atoms with E-state index in [0.717, 1.165) is 52.8 Å². The van der Waals surface area contributed by atoms with Crippen LogP contribution in [0.5, 0.6) is 0 Å². The number of rotatable bonds is 5. The number of carbonyl (C=O) groups is 2. The zero-order chi connectivity index (χ0) is 24.0. The maximum Gasteiger partial charge on any atom is 0.263 e. The summed E-state index contributed by atoms with van der Waals surface area (Å²) in [5.41, 5.74) is 9.61. The minimum atomic E-state index is -0.824. The number of carbonyl (C=O) groups excluding carboxylic acids is 2. The summed E-state index contributed by atoms with van der Waals surface area (Å²) in [6.07, 6.45) is 5.14. The van der Waals surface area contributed by atoms with E-state index in [-0.39, 0.29) is 5.56 Å². The van der Waals surface area contributed by atoms with Crippen molar-refractivity contribution in [2.75, 3.05) is 5.32 Å². The number of primary amides is 1. The van der Waals surface area contributed by atoms with Crippen LogP contribution in [0.25, 0.3) is 21.3 Å². The molecule has 1 aromatic carbocycles. The molecule has 1 aliphatic rings. The molecule has 5 rings (SSSR count). The molecule has 2 amide bonds. The fourth-order valence-electron chi connectivity index (χ4n) is 4.42. The number of amides is 2. The predicted octanol–water partition coefficient (Wildman–Crippen LogP) is 4.67. The van der Waals surface area contributed by atoms with Gasteiger partial charge in [0, 0.05) is 15.8 Å². The van der Waals surface area contributed by atoms with Crippen molar-refractivity contribution in [1.29, 1.82) is 0 Å². The second-order valence-corrected chi connectivity index (χ2v) is 10.6. The highest BCUT2D eigenvalue weighted by Gasteiger charge is 2.27. The van der Waals surface area contributed by atoms with Gasteiger partial charge in [0.25, 0.3) is 11.5 Å². The topological polar surface area (TPSA) is 107 Å². The first-order valence-electron chi connectivity index (χ1n) is 11.2. The highest BCUT2D eigenvalue weighted by Crippen LogP contribution is 2.38. The zero-order valence-electron chi connectivity index (χ0n) is 18.9. The standard InChI is InChI=1S/C25H24N4O3S2/c1-13-7-9-15(10-8-13)17-11-33-23-20(17)25(32)29(12-27-23)14(2)22(31)28-24-19(21(26)30)16-5-3-4-6-18(16)34-24/h7-12,14H,3-6H2,1-2H3,(H2,26,30)(H,28,31). The van der Waals surface area contributed by atoms with E-state index in [1.165, 1.54) is 33.6 Å². The minimum absolute atomic E-state index is 0.273. The fraction of sp³-hybridized carbons (Fsp3) is 0.280. The Morgan fingerprint density at radius 2 is 1.91 bits per heavy atom. The van der Waals surface area contributed by atoms with Crippen molar-refractivity contribution < 1.29 is 9.59 Å². The Morgan fingerprint density at radius 3 is 2.65 bits per heavy atom. The summed E-state index contributed by atoms with van der Waals surface area (Å²) in [6.45, 7) is 3.66. The van der Waals surface area contributed by atoms with E-state index in [1.54, 1.807) is 6.92 Å². The van der Waals surface area contributed by atoms with E-state index in [2.05, 4.69) is 10.3 Å². The van der Waals surface area contributed by atoms with Crippen LogP contribution >= 0.6 is 22.7 Å². The van der Waals surface area contributed by atoms with Crippen LogP contribution in [0.4, 0.5) is 5.00 Å². The molecule has 3 heterocycles. The zero-order valence-corrected chi connectivity index (χ0v) is 20.5. The van der Waals surface area contributed by atoms with Gasteiger partial charge in [0.1, 0.15) is 15.9 Å². The summed E-state index contributed by atoms with van der Waals surface area (Å²) in [4.78, 5) is 45.0. The van der Waals surface area contributed by atoms with Crippen molar-refractivity contribution in [2.45, 2.75) is 45.6 Å². The number of benzene rings is 1. The van der Waals surface area contributed by atoms with Gasteiger partial charge in [-0.05, 0) is 50.7 Å². The molecule has 0 spiro atoms. The van der Waals surface area contributed by atoms with Crippen molar-refractivity contribution in [3.05, 3.63) is 67.9 Å². The Kier molecular flexibility index (Phi) is 5.83. The lowest BCUT2D eigenvalue weighted by atomic mass is 9.95. The average molecular weight is 493 g/mol. The Hall–Kier alpha value is -3.30. The van der Waals surface area contributed by atoms with Crippen molar-refractivity contribution in [3.8, 4) is 11.1 Å². The van der Waals surface area contributed by atoms with Gasteiger partial charge in [0.15, 0.2) is 0 Å². The van der Waals surface area contributed by atoms with E-state index in [1.807, 2.05) is 36.6 Å². The van der Waals surface area contributed by atoms with Gasteiger partial charge in [0.05, 0.1) is 17.3 Å². The van der Waals surface area contributed by atoms with Crippen LogP contribution in [0.2, 0.25) is 0 Å². The van der Waals surface area contributed by atoms with Crippen LogP contribution in [0.3, 0.4) is 0 Å². The number of anilines is 1. The first-order chi connectivity index (χ1) is 16.3. The lowest BCUT2D eigenvalue weighted by molar-refractivity contribution is -0.118. The average Bonchev–Trinajstić information content (AvgIpc) is 3.41. The van der Waals surface area contributed by atoms with E-state index >= 15 is 0 Å². The van der Waals surface area contributed by atoms with Gasteiger partial charge in [-0.1, -0.05) is 29.8 Å². The van der Waals surface area contributed by atoms with Crippen molar-refractivity contribution in [2.24, 2.45) is 5.73 Å². The van der Waals surface area contributed by atoms with E-state index < -0.39 is 17.9 Å². The Balaban J connectivity index is 1.49. The molecule has 0 fully saturated rings. The molecule has 1 aliphatic carbocycles. The molecule has 0 radical (unpaired) electrons. The molecule has 3 aromatic heterocycles.